The lowest BCUT2D eigenvalue weighted by Crippen LogP contribution is -2.36. The number of hydrogen-bond acceptors (Lipinski definition) is 3. The number of carbonyl (C=O) groups excluding carboxylic acids is 1. The van der Waals surface area contributed by atoms with Gasteiger partial charge in [0.2, 0.25) is 5.91 Å². The Bertz CT molecular complexity index is 475. The van der Waals surface area contributed by atoms with Crippen LogP contribution in [0.5, 0.6) is 0 Å². The van der Waals surface area contributed by atoms with E-state index in [2.05, 4.69) is 5.32 Å². The number of halogens is 2. The van der Waals surface area contributed by atoms with E-state index in [-0.39, 0.29) is 24.5 Å². The number of nitrogens with one attached hydrogen (secondary N) is 1. The van der Waals surface area contributed by atoms with Gasteiger partial charge in [0, 0.05) is 23.2 Å². The number of rotatable bonds is 4. The number of ether oxygens (including phenoxy) is 1. The molecule has 1 heterocycles. The van der Waals surface area contributed by atoms with E-state index in [4.69, 9.17) is 27.9 Å². The van der Waals surface area contributed by atoms with Crippen molar-refractivity contribution in [2.45, 2.75) is 25.6 Å². The van der Waals surface area contributed by atoms with Gasteiger partial charge in [-0.2, -0.15) is 0 Å². The van der Waals surface area contributed by atoms with Crippen molar-refractivity contribution in [3.05, 3.63) is 33.8 Å². The number of aliphatic hydroxyl groups excluding tert-OH is 1. The van der Waals surface area contributed by atoms with Crippen LogP contribution in [-0.4, -0.2) is 30.3 Å². The summed E-state index contributed by atoms with van der Waals surface area (Å²) in [5.41, 5.74) is 0.582. The Morgan fingerprint density at radius 1 is 1.45 bits per heavy atom. The summed E-state index contributed by atoms with van der Waals surface area (Å²) >= 11 is 11.8. The maximum atomic E-state index is 12.0. The number of benzene rings is 1. The summed E-state index contributed by atoms with van der Waals surface area (Å²) in [5.74, 6) is -0.243. The second-order valence-electron chi connectivity index (χ2n) is 4.93. The Kier molecular flexibility index (Phi) is 5.27. The van der Waals surface area contributed by atoms with Gasteiger partial charge in [-0.3, -0.25) is 4.79 Å². The summed E-state index contributed by atoms with van der Waals surface area (Å²) in [5, 5.41) is 13.7. The molecule has 1 fully saturated rings. The van der Waals surface area contributed by atoms with E-state index in [1.807, 2.05) is 6.92 Å². The van der Waals surface area contributed by atoms with Crippen LogP contribution >= 0.6 is 23.2 Å². The third-order valence-corrected chi connectivity index (χ3v) is 3.89. The lowest BCUT2D eigenvalue weighted by atomic mass is 10.0. The van der Waals surface area contributed by atoms with Crippen LogP contribution in [0, 0.1) is 5.92 Å². The van der Waals surface area contributed by atoms with Crippen molar-refractivity contribution < 1.29 is 14.6 Å². The topological polar surface area (TPSA) is 58.6 Å². The van der Waals surface area contributed by atoms with Crippen molar-refractivity contribution in [3.8, 4) is 0 Å². The van der Waals surface area contributed by atoms with E-state index < -0.39 is 6.10 Å². The molecular formula is C14H17Cl2NO3. The average Bonchev–Trinajstić information content (AvgIpc) is 2.80. The first-order chi connectivity index (χ1) is 9.47. The fourth-order valence-corrected chi connectivity index (χ4v) is 2.83. The van der Waals surface area contributed by atoms with Gasteiger partial charge in [-0.25, -0.2) is 0 Å². The highest BCUT2D eigenvalue weighted by Gasteiger charge is 2.30. The number of carbonyl (C=O) groups is 1. The molecule has 2 N–H and O–H groups in total. The van der Waals surface area contributed by atoms with E-state index in [1.54, 1.807) is 18.2 Å². The van der Waals surface area contributed by atoms with Gasteiger partial charge in [0.05, 0.1) is 18.1 Å². The van der Waals surface area contributed by atoms with Crippen LogP contribution in [0.4, 0.5) is 0 Å². The van der Waals surface area contributed by atoms with Gasteiger partial charge in [0.15, 0.2) is 0 Å². The standard InChI is InChI=1S/C14H17Cl2NO3/c1-8-12(2-3-20-8)14(19)17-7-13(18)9-4-10(15)6-11(16)5-9/h4-6,8,12-13,18H,2-3,7H2,1H3,(H,17,19). The minimum absolute atomic E-state index is 0.0762. The Balaban J connectivity index is 1.91. The zero-order valence-corrected chi connectivity index (χ0v) is 12.6. The fourth-order valence-electron chi connectivity index (χ4n) is 2.29. The smallest absolute Gasteiger partial charge is 0.225 e. The van der Waals surface area contributed by atoms with Crippen molar-refractivity contribution >= 4 is 29.1 Å². The summed E-state index contributed by atoms with van der Waals surface area (Å²) in [4.78, 5) is 12.0. The molecule has 0 spiro atoms. The van der Waals surface area contributed by atoms with Gasteiger partial charge in [-0.15, -0.1) is 0 Å². The van der Waals surface area contributed by atoms with Crippen LogP contribution in [0.25, 0.3) is 0 Å². The third kappa shape index (κ3) is 3.85. The molecule has 6 heteroatoms. The molecule has 3 unspecified atom stereocenters. The zero-order chi connectivity index (χ0) is 14.7. The summed E-state index contributed by atoms with van der Waals surface area (Å²) in [6, 6.07) is 4.85. The SMILES string of the molecule is CC1OCCC1C(=O)NCC(O)c1cc(Cl)cc(Cl)c1. The Morgan fingerprint density at radius 3 is 2.65 bits per heavy atom. The fraction of sp³-hybridized carbons (Fsp3) is 0.500. The molecule has 2 rings (SSSR count). The van der Waals surface area contributed by atoms with Crippen LogP contribution in [0.15, 0.2) is 18.2 Å². The lowest BCUT2D eigenvalue weighted by Gasteiger charge is -2.17. The molecule has 0 aliphatic carbocycles. The zero-order valence-electron chi connectivity index (χ0n) is 11.1. The molecule has 0 bridgehead atoms. The minimum atomic E-state index is -0.840. The molecule has 1 aliphatic heterocycles. The van der Waals surface area contributed by atoms with Crippen molar-refractivity contribution in [2.75, 3.05) is 13.2 Å². The molecular weight excluding hydrogens is 301 g/mol. The molecule has 1 aliphatic rings. The molecule has 110 valence electrons. The summed E-state index contributed by atoms with van der Waals surface area (Å²) in [6.45, 7) is 2.61. The van der Waals surface area contributed by atoms with Crippen LogP contribution in [-0.2, 0) is 9.53 Å². The van der Waals surface area contributed by atoms with Gasteiger partial charge in [-0.05, 0) is 37.1 Å². The molecule has 1 aromatic carbocycles. The number of amides is 1. The van der Waals surface area contributed by atoms with Crippen molar-refractivity contribution in [1.29, 1.82) is 0 Å². The quantitative estimate of drug-likeness (QED) is 0.897. The molecule has 3 atom stereocenters. The first-order valence-electron chi connectivity index (χ1n) is 6.50. The molecule has 1 aromatic rings. The predicted octanol–water partition coefficient (Wildman–Crippen LogP) is 2.57. The first kappa shape index (κ1) is 15.6. The predicted molar refractivity (Wildman–Crippen MR) is 78.0 cm³/mol. The highest BCUT2D eigenvalue weighted by Crippen LogP contribution is 2.24. The maximum absolute atomic E-state index is 12.0. The molecule has 4 nitrogen and oxygen atoms in total. The minimum Gasteiger partial charge on any atom is -0.387 e. The summed E-state index contributed by atoms with van der Waals surface area (Å²) in [6.07, 6.45) is -0.202. The monoisotopic (exact) mass is 317 g/mol. The summed E-state index contributed by atoms with van der Waals surface area (Å²) < 4.78 is 5.35. The molecule has 0 radical (unpaired) electrons. The van der Waals surface area contributed by atoms with Gasteiger partial charge in [0.25, 0.3) is 0 Å². The van der Waals surface area contributed by atoms with Crippen LogP contribution in [0.3, 0.4) is 0 Å². The van der Waals surface area contributed by atoms with Gasteiger partial charge >= 0.3 is 0 Å². The molecule has 0 saturated carbocycles. The highest BCUT2D eigenvalue weighted by molar-refractivity contribution is 6.34. The van der Waals surface area contributed by atoms with E-state index >= 15 is 0 Å². The number of hydrogen-bond donors (Lipinski definition) is 2. The van der Waals surface area contributed by atoms with Gasteiger partial charge < -0.3 is 15.2 Å². The van der Waals surface area contributed by atoms with E-state index in [9.17, 15) is 9.90 Å². The van der Waals surface area contributed by atoms with Crippen molar-refractivity contribution in [2.24, 2.45) is 5.92 Å². The van der Waals surface area contributed by atoms with Crippen LogP contribution in [0.2, 0.25) is 10.0 Å². The maximum Gasteiger partial charge on any atom is 0.225 e. The molecule has 1 saturated heterocycles. The number of aliphatic hydroxyl groups is 1. The van der Waals surface area contributed by atoms with Crippen LogP contribution in [0.1, 0.15) is 25.0 Å². The van der Waals surface area contributed by atoms with Gasteiger partial charge in [0.1, 0.15) is 0 Å². The second-order valence-corrected chi connectivity index (χ2v) is 5.81. The highest BCUT2D eigenvalue weighted by atomic mass is 35.5. The first-order valence-corrected chi connectivity index (χ1v) is 7.26. The Labute approximate surface area is 128 Å². The van der Waals surface area contributed by atoms with Crippen LogP contribution < -0.4 is 5.32 Å². The molecule has 0 aromatic heterocycles. The Hall–Kier alpha value is -0.810. The normalized spacial score (nSPS) is 23.6. The second kappa shape index (κ2) is 6.76. The lowest BCUT2D eigenvalue weighted by molar-refractivity contribution is -0.126. The molecule has 1 amide bonds. The van der Waals surface area contributed by atoms with E-state index in [0.29, 0.717) is 28.6 Å². The summed E-state index contributed by atoms with van der Waals surface area (Å²) in [7, 11) is 0. The Morgan fingerprint density at radius 2 is 2.10 bits per heavy atom. The largest absolute Gasteiger partial charge is 0.387 e. The van der Waals surface area contributed by atoms with Crippen molar-refractivity contribution in [3.63, 3.8) is 0 Å². The van der Waals surface area contributed by atoms with Crippen molar-refractivity contribution in [1.82, 2.24) is 5.32 Å². The van der Waals surface area contributed by atoms with E-state index in [1.165, 1.54) is 0 Å². The molecule has 20 heavy (non-hydrogen) atoms. The third-order valence-electron chi connectivity index (χ3n) is 3.45. The van der Waals surface area contributed by atoms with E-state index in [0.717, 1.165) is 0 Å². The van der Waals surface area contributed by atoms with Gasteiger partial charge in [-0.1, -0.05) is 23.2 Å². The average molecular weight is 318 g/mol.